The molecule has 1 aliphatic rings. The van der Waals surface area contributed by atoms with Gasteiger partial charge >= 0.3 is 5.97 Å². The van der Waals surface area contributed by atoms with Crippen LogP contribution in [0.1, 0.15) is 20.3 Å². The Hall–Kier alpha value is -1.10. The average Bonchev–Trinajstić information content (AvgIpc) is 2.10. The maximum absolute atomic E-state index is 11.4. The van der Waals surface area contributed by atoms with Gasteiger partial charge in [0.1, 0.15) is 0 Å². The first-order valence-electron chi connectivity index (χ1n) is 4.83. The van der Waals surface area contributed by atoms with Gasteiger partial charge in [0.05, 0.1) is 19.1 Å². The zero-order chi connectivity index (χ0) is 10.6. The zero-order valence-electron chi connectivity index (χ0n) is 8.50. The van der Waals surface area contributed by atoms with Crippen LogP contribution in [0.15, 0.2) is 0 Å². The average molecular weight is 200 g/mol. The predicted molar refractivity (Wildman–Crippen MR) is 50.6 cm³/mol. The molecule has 2 atom stereocenters. The predicted octanol–water partition coefficient (Wildman–Crippen LogP) is -0.584. The van der Waals surface area contributed by atoms with Crippen LogP contribution in [-0.2, 0) is 14.3 Å². The molecule has 0 aliphatic carbocycles. The third-order valence-corrected chi connectivity index (χ3v) is 2.05. The van der Waals surface area contributed by atoms with Crippen LogP contribution in [0.25, 0.3) is 0 Å². The first kappa shape index (κ1) is 11.0. The van der Waals surface area contributed by atoms with Gasteiger partial charge in [0.2, 0.25) is 5.91 Å². The second-order valence-corrected chi connectivity index (χ2v) is 3.38. The highest BCUT2D eigenvalue weighted by atomic mass is 16.5. The Labute approximate surface area is 83.2 Å². The van der Waals surface area contributed by atoms with Crippen molar-refractivity contribution in [1.29, 1.82) is 0 Å². The molecule has 1 saturated heterocycles. The van der Waals surface area contributed by atoms with Gasteiger partial charge in [-0.3, -0.25) is 9.59 Å². The van der Waals surface area contributed by atoms with Crippen LogP contribution >= 0.6 is 0 Å². The molecular formula is C9H16N2O3. The molecule has 1 fully saturated rings. The molecular weight excluding hydrogens is 184 g/mol. The molecule has 0 aromatic carbocycles. The van der Waals surface area contributed by atoms with Crippen molar-refractivity contribution in [3.8, 4) is 0 Å². The summed E-state index contributed by atoms with van der Waals surface area (Å²) in [5.41, 5.74) is 0. The molecule has 1 aliphatic heterocycles. The fourth-order valence-electron chi connectivity index (χ4n) is 1.36. The maximum Gasteiger partial charge on any atom is 0.307 e. The van der Waals surface area contributed by atoms with Crippen molar-refractivity contribution in [2.45, 2.75) is 32.4 Å². The molecule has 5 heteroatoms. The summed E-state index contributed by atoms with van der Waals surface area (Å²) < 4.78 is 4.76. The minimum Gasteiger partial charge on any atom is -0.466 e. The van der Waals surface area contributed by atoms with Gasteiger partial charge in [-0.2, -0.15) is 0 Å². The van der Waals surface area contributed by atoms with Crippen molar-refractivity contribution in [1.82, 2.24) is 10.6 Å². The van der Waals surface area contributed by atoms with Crippen molar-refractivity contribution in [3.63, 3.8) is 0 Å². The summed E-state index contributed by atoms with van der Waals surface area (Å²) in [6.07, 6.45) is 0.104. The van der Waals surface area contributed by atoms with Gasteiger partial charge in [0, 0.05) is 12.6 Å². The minimum absolute atomic E-state index is 0.104. The summed E-state index contributed by atoms with van der Waals surface area (Å²) in [6, 6.07) is -0.314. The summed E-state index contributed by atoms with van der Waals surface area (Å²) in [4.78, 5) is 22.5. The second kappa shape index (κ2) is 4.95. The van der Waals surface area contributed by atoms with Gasteiger partial charge < -0.3 is 15.4 Å². The number of esters is 1. The van der Waals surface area contributed by atoms with Crippen LogP contribution in [0.2, 0.25) is 0 Å². The van der Waals surface area contributed by atoms with E-state index in [-0.39, 0.29) is 24.3 Å². The SMILES string of the molecule is CCOC(=O)C[C@H]1NC[C@H](C)NC1=O. The van der Waals surface area contributed by atoms with Crippen LogP contribution in [-0.4, -0.2) is 37.1 Å². The standard InChI is InChI=1S/C9H16N2O3/c1-3-14-8(12)4-7-9(13)11-6(2)5-10-7/h6-7,10H,3-5H2,1-2H3,(H,11,13)/t6-,7+/m0/s1. The highest BCUT2D eigenvalue weighted by Gasteiger charge is 2.27. The Morgan fingerprint density at radius 1 is 1.64 bits per heavy atom. The van der Waals surface area contributed by atoms with E-state index >= 15 is 0 Å². The van der Waals surface area contributed by atoms with E-state index in [0.29, 0.717) is 13.2 Å². The molecule has 1 heterocycles. The molecule has 0 aromatic heterocycles. The van der Waals surface area contributed by atoms with E-state index in [0.717, 1.165) is 0 Å². The van der Waals surface area contributed by atoms with Gasteiger partial charge in [-0.25, -0.2) is 0 Å². The number of amides is 1. The Bertz CT molecular complexity index is 230. The minimum atomic E-state index is -0.440. The highest BCUT2D eigenvalue weighted by Crippen LogP contribution is 2.01. The van der Waals surface area contributed by atoms with E-state index in [1.165, 1.54) is 0 Å². The Balaban J connectivity index is 2.37. The quantitative estimate of drug-likeness (QED) is 0.598. The van der Waals surface area contributed by atoms with Crippen LogP contribution in [0, 0.1) is 0 Å². The second-order valence-electron chi connectivity index (χ2n) is 3.38. The molecule has 14 heavy (non-hydrogen) atoms. The molecule has 5 nitrogen and oxygen atoms in total. The van der Waals surface area contributed by atoms with Crippen LogP contribution in [0.4, 0.5) is 0 Å². The Morgan fingerprint density at radius 2 is 2.36 bits per heavy atom. The number of piperazine rings is 1. The fourth-order valence-corrected chi connectivity index (χ4v) is 1.36. The molecule has 80 valence electrons. The molecule has 0 bridgehead atoms. The van der Waals surface area contributed by atoms with E-state index in [9.17, 15) is 9.59 Å². The lowest BCUT2D eigenvalue weighted by Gasteiger charge is -2.27. The summed E-state index contributed by atoms with van der Waals surface area (Å²) >= 11 is 0. The van der Waals surface area contributed by atoms with E-state index in [1.807, 2.05) is 6.92 Å². The smallest absolute Gasteiger partial charge is 0.307 e. The Kier molecular flexibility index (Phi) is 3.88. The normalized spacial score (nSPS) is 26.9. The van der Waals surface area contributed by atoms with Crippen LogP contribution < -0.4 is 10.6 Å². The molecule has 0 unspecified atom stereocenters. The molecule has 0 aromatic rings. The topological polar surface area (TPSA) is 67.4 Å². The van der Waals surface area contributed by atoms with Crippen molar-refractivity contribution in [2.75, 3.05) is 13.2 Å². The number of ether oxygens (including phenoxy) is 1. The van der Waals surface area contributed by atoms with Crippen LogP contribution in [0.3, 0.4) is 0 Å². The molecule has 1 rings (SSSR count). The lowest BCUT2D eigenvalue weighted by molar-refractivity contribution is -0.145. The zero-order valence-corrected chi connectivity index (χ0v) is 8.50. The molecule has 2 N–H and O–H groups in total. The molecule has 1 amide bonds. The number of hydrogen-bond donors (Lipinski definition) is 2. The largest absolute Gasteiger partial charge is 0.466 e. The first-order valence-corrected chi connectivity index (χ1v) is 4.83. The number of nitrogens with one attached hydrogen (secondary N) is 2. The maximum atomic E-state index is 11.4. The number of carbonyl (C=O) groups is 2. The Morgan fingerprint density at radius 3 is 2.93 bits per heavy atom. The van der Waals surface area contributed by atoms with Gasteiger partial charge in [-0.15, -0.1) is 0 Å². The molecule has 0 saturated carbocycles. The highest BCUT2D eigenvalue weighted by molar-refractivity contribution is 5.87. The van der Waals surface area contributed by atoms with Crippen molar-refractivity contribution in [2.24, 2.45) is 0 Å². The van der Waals surface area contributed by atoms with Gasteiger partial charge in [-0.1, -0.05) is 0 Å². The van der Waals surface area contributed by atoms with E-state index < -0.39 is 6.04 Å². The van der Waals surface area contributed by atoms with Crippen molar-refractivity contribution < 1.29 is 14.3 Å². The fraction of sp³-hybridized carbons (Fsp3) is 0.778. The summed E-state index contributed by atoms with van der Waals surface area (Å²) in [6.45, 7) is 4.69. The lowest BCUT2D eigenvalue weighted by Crippen LogP contribution is -2.57. The van der Waals surface area contributed by atoms with Gasteiger partial charge in [-0.05, 0) is 13.8 Å². The molecule has 0 radical (unpaired) electrons. The van der Waals surface area contributed by atoms with Gasteiger partial charge in [0.15, 0.2) is 0 Å². The summed E-state index contributed by atoms with van der Waals surface area (Å²) in [5.74, 6) is -0.466. The first-order chi connectivity index (χ1) is 6.63. The van der Waals surface area contributed by atoms with Crippen molar-refractivity contribution in [3.05, 3.63) is 0 Å². The number of hydrogen-bond acceptors (Lipinski definition) is 4. The lowest BCUT2D eigenvalue weighted by atomic mass is 10.1. The summed E-state index contributed by atoms with van der Waals surface area (Å²) in [7, 11) is 0. The number of carbonyl (C=O) groups excluding carboxylic acids is 2. The third kappa shape index (κ3) is 2.99. The molecule has 0 spiro atoms. The number of rotatable bonds is 3. The van der Waals surface area contributed by atoms with E-state index in [4.69, 9.17) is 4.74 Å². The van der Waals surface area contributed by atoms with Crippen LogP contribution in [0.5, 0.6) is 0 Å². The van der Waals surface area contributed by atoms with Gasteiger partial charge in [0.25, 0.3) is 0 Å². The third-order valence-electron chi connectivity index (χ3n) is 2.05. The van der Waals surface area contributed by atoms with E-state index in [2.05, 4.69) is 10.6 Å². The summed E-state index contributed by atoms with van der Waals surface area (Å²) in [5, 5.41) is 5.76. The van der Waals surface area contributed by atoms with E-state index in [1.54, 1.807) is 6.92 Å². The monoisotopic (exact) mass is 200 g/mol. The van der Waals surface area contributed by atoms with Crippen molar-refractivity contribution >= 4 is 11.9 Å².